The van der Waals surface area contributed by atoms with Crippen molar-refractivity contribution in [2.75, 3.05) is 18.4 Å². The Morgan fingerprint density at radius 1 is 1.20 bits per heavy atom. The van der Waals surface area contributed by atoms with Gasteiger partial charge in [-0.1, -0.05) is 22.4 Å². The molecule has 0 aromatic carbocycles. The molecule has 1 saturated carbocycles. The van der Waals surface area contributed by atoms with E-state index in [0.29, 0.717) is 18.4 Å². The lowest BCUT2D eigenvalue weighted by atomic mass is 10.2. The molecule has 6 heteroatoms. The Hall–Kier alpha value is 0.350. The van der Waals surface area contributed by atoms with Crippen LogP contribution in [0, 0.1) is 0 Å². The first-order valence-electron chi connectivity index (χ1n) is 5.43. The molecule has 4 nitrogen and oxygen atoms in total. The zero-order valence-corrected chi connectivity index (χ0v) is 11.1. The van der Waals surface area contributed by atoms with Gasteiger partial charge in [0.1, 0.15) is 0 Å². The zero-order valence-electron chi connectivity index (χ0n) is 8.71. The van der Waals surface area contributed by atoms with Crippen LogP contribution in [-0.2, 0) is 10.2 Å². The molecule has 0 spiro atoms. The van der Waals surface area contributed by atoms with Gasteiger partial charge in [0, 0.05) is 24.0 Å². The zero-order chi connectivity index (χ0) is 10.9. The molecule has 1 saturated heterocycles. The maximum absolute atomic E-state index is 12.0. The number of hydrogen-bond acceptors (Lipinski definition) is 2. The van der Waals surface area contributed by atoms with Gasteiger partial charge in [-0.2, -0.15) is 17.4 Å². The molecule has 1 heterocycles. The molecule has 88 valence electrons. The predicted octanol–water partition coefficient (Wildman–Crippen LogP) is 1.23. The largest absolute Gasteiger partial charge is 0.279 e. The van der Waals surface area contributed by atoms with E-state index in [1.165, 1.54) is 0 Å². The molecule has 1 aliphatic carbocycles. The number of hydrogen-bond donors (Lipinski definition) is 1. The highest BCUT2D eigenvalue weighted by atomic mass is 79.9. The average Bonchev–Trinajstić information content (AvgIpc) is 2.99. The molecule has 0 atom stereocenters. The van der Waals surface area contributed by atoms with E-state index in [1.54, 1.807) is 4.31 Å². The second-order valence-electron chi connectivity index (χ2n) is 4.48. The summed E-state index contributed by atoms with van der Waals surface area (Å²) in [7, 11) is -3.24. The molecular formula is C9H17BrN2O2S. The Balaban J connectivity index is 1.99. The van der Waals surface area contributed by atoms with E-state index in [-0.39, 0.29) is 5.54 Å². The molecule has 15 heavy (non-hydrogen) atoms. The molecule has 0 radical (unpaired) electrons. The average molecular weight is 297 g/mol. The van der Waals surface area contributed by atoms with Crippen LogP contribution in [0.15, 0.2) is 0 Å². The molecule has 2 aliphatic rings. The minimum atomic E-state index is -3.24. The van der Waals surface area contributed by atoms with Gasteiger partial charge in [-0.25, -0.2) is 0 Å². The van der Waals surface area contributed by atoms with Gasteiger partial charge in [-0.3, -0.25) is 0 Å². The van der Waals surface area contributed by atoms with Gasteiger partial charge in [-0.05, 0) is 25.7 Å². The Labute approximate surface area is 99.7 Å². The summed E-state index contributed by atoms with van der Waals surface area (Å²) in [6, 6.07) is 0. The van der Waals surface area contributed by atoms with Crippen LogP contribution in [-0.4, -0.2) is 36.7 Å². The summed E-state index contributed by atoms with van der Waals surface area (Å²) in [6.07, 6.45) is 5.02. The van der Waals surface area contributed by atoms with Gasteiger partial charge in [0.25, 0.3) is 10.2 Å². The third-order valence-electron chi connectivity index (χ3n) is 3.11. The van der Waals surface area contributed by atoms with Crippen molar-refractivity contribution < 1.29 is 8.42 Å². The smallest absolute Gasteiger partial charge is 0.195 e. The van der Waals surface area contributed by atoms with Crippen molar-refractivity contribution >= 4 is 26.1 Å². The van der Waals surface area contributed by atoms with Crippen molar-refractivity contribution in [2.45, 2.75) is 37.6 Å². The Bertz CT molecular complexity index is 321. The van der Waals surface area contributed by atoms with Crippen molar-refractivity contribution in [2.24, 2.45) is 0 Å². The van der Waals surface area contributed by atoms with Crippen molar-refractivity contribution in [3.05, 3.63) is 0 Å². The number of alkyl halides is 1. The summed E-state index contributed by atoms with van der Waals surface area (Å²) < 4.78 is 28.4. The van der Waals surface area contributed by atoms with Gasteiger partial charge in [0.15, 0.2) is 0 Å². The van der Waals surface area contributed by atoms with Crippen molar-refractivity contribution in [3.63, 3.8) is 0 Å². The molecular weight excluding hydrogens is 280 g/mol. The van der Waals surface area contributed by atoms with Crippen molar-refractivity contribution in [1.82, 2.24) is 9.03 Å². The Morgan fingerprint density at radius 2 is 1.80 bits per heavy atom. The van der Waals surface area contributed by atoms with Gasteiger partial charge in [-0.15, -0.1) is 0 Å². The molecule has 1 N–H and O–H groups in total. The number of nitrogens with one attached hydrogen (secondary N) is 1. The summed E-state index contributed by atoms with van der Waals surface area (Å²) in [6.45, 7) is 1.35. The number of nitrogens with zero attached hydrogens (tertiary/aromatic N) is 1. The highest BCUT2D eigenvalue weighted by Gasteiger charge is 2.46. The van der Waals surface area contributed by atoms with E-state index in [1.807, 2.05) is 0 Å². The van der Waals surface area contributed by atoms with E-state index < -0.39 is 10.2 Å². The second-order valence-corrected chi connectivity index (χ2v) is 6.71. The molecule has 2 fully saturated rings. The fourth-order valence-electron chi connectivity index (χ4n) is 1.86. The molecule has 1 aliphatic heterocycles. The molecule has 0 amide bonds. The number of rotatable bonds is 4. The lowest BCUT2D eigenvalue weighted by molar-refractivity contribution is 0.338. The van der Waals surface area contributed by atoms with Crippen molar-refractivity contribution in [1.29, 1.82) is 0 Å². The fraction of sp³-hybridized carbons (Fsp3) is 1.00. The van der Waals surface area contributed by atoms with E-state index in [2.05, 4.69) is 20.7 Å². The summed E-state index contributed by atoms with van der Waals surface area (Å²) in [5, 5.41) is 0.715. The SMILES string of the molecule is O=S(=O)(NC1(CBr)CC1)N1CCCCC1. The van der Waals surface area contributed by atoms with E-state index in [9.17, 15) is 8.42 Å². The monoisotopic (exact) mass is 296 g/mol. The van der Waals surface area contributed by atoms with Gasteiger partial charge < -0.3 is 0 Å². The molecule has 2 rings (SSSR count). The molecule has 0 aromatic rings. The second kappa shape index (κ2) is 4.31. The van der Waals surface area contributed by atoms with Crippen molar-refractivity contribution in [3.8, 4) is 0 Å². The normalized spacial score (nSPS) is 26.5. The number of piperidine rings is 1. The molecule has 0 unspecified atom stereocenters. The van der Waals surface area contributed by atoms with Crippen LogP contribution in [0.4, 0.5) is 0 Å². The fourth-order valence-corrected chi connectivity index (χ4v) is 4.44. The Kier molecular flexibility index (Phi) is 3.40. The topological polar surface area (TPSA) is 49.4 Å². The van der Waals surface area contributed by atoms with Gasteiger partial charge in [0.2, 0.25) is 0 Å². The maximum Gasteiger partial charge on any atom is 0.279 e. The van der Waals surface area contributed by atoms with E-state index >= 15 is 0 Å². The highest BCUT2D eigenvalue weighted by molar-refractivity contribution is 9.09. The highest BCUT2D eigenvalue weighted by Crippen LogP contribution is 2.38. The van der Waals surface area contributed by atoms with Crippen LogP contribution in [0.2, 0.25) is 0 Å². The summed E-state index contributed by atoms with van der Waals surface area (Å²) >= 11 is 3.36. The minimum Gasteiger partial charge on any atom is -0.195 e. The molecule has 0 aromatic heterocycles. The maximum atomic E-state index is 12.0. The third-order valence-corrected chi connectivity index (χ3v) is 5.92. The lowest BCUT2D eigenvalue weighted by Gasteiger charge is -2.28. The standard InChI is InChI=1S/C9H17BrN2O2S/c10-8-9(4-5-9)11-15(13,14)12-6-2-1-3-7-12/h11H,1-8H2. The minimum absolute atomic E-state index is 0.184. The first-order valence-corrected chi connectivity index (χ1v) is 7.99. The summed E-state index contributed by atoms with van der Waals surface area (Å²) in [5.74, 6) is 0. The summed E-state index contributed by atoms with van der Waals surface area (Å²) in [5.41, 5.74) is -0.184. The molecule has 0 bridgehead atoms. The summed E-state index contributed by atoms with van der Waals surface area (Å²) in [4.78, 5) is 0. The van der Waals surface area contributed by atoms with Crippen LogP contribution in [0.1, 0.15) is 32.1 Å². The lowest BCUT2D eigenvalue weighted by Crippen LogP contribution is -2.48. The Morgan fingerprint density at radius 3 is 2.27 bits per heavy atom. The van der Waals surface area contributed by atoms with Crippen LogP contribution >= 0.6 is 15.9 Å². The van der Waals surface area contributed by atoms with E-state index in [0.717, 1.165) is 32.1 Å². The predicted molar refractivity (Wildman–Crippen MR) is 63.2 cm³/mol. The van der Waals surface area contributed by atoms with Crippen LogP contribution in [0.25, 0.3) is 0 Å². The van der Waals surface area contributed by atoms with E-state index in [4.69, 9.17) is 0 Å². The van der Waals surface area contributed by atoms with Crippen LogP contribution < -0.4 is 4.72 Å². The number of halogens is 1. The first kappa shape index (κ1) is 11.8. The first-order chi connectivity index (χ1) is 7.08. The van der Waals surface area contributed by atoms with Gasteiger partial charge >= 0.3 is 0 Å². The quantitative estimate of drug-likeness (QED) is 0.794. The van der Waals surface area contributed by atoms with Gasteiger partial charge in [0.05, 0.1) is 0 Å². The van der Waals surface area contributed by atoms with Crippen LogP contribution in [0.3, 0.4) is 0 Å². The third kappa shape index (κ3) is 2.72. The van der Waals surface area contributed by atoms with Crippen LogP contribution in [0.5, 0.6) is 0 Å².